The topological polar surface area (TPSA) is 32.3 Å². The van der Waals surface area contributed by atoms with Gasteiger partial charge in [0.25, 0.3) is 0 Å². The number of hydrogen-bond acceptors (Lipinski definition) is 4. The van der Waals surface area contributed by atoms with Crippen LogP contribution in [-0.4, -0.2) is 43.6 Å². The van der Waals surface area contributed by atoms with Gasteiger partial charge in [-0.05, 0) is 18.6 Å². The smallest absolute Gasteiger partial charge is 0.128 e. The highest BCUT2D eigenvalue weighted by atomic mass is 35.5. The van der Waals surface area contributed by atoms with Gasteiger partial charge in [0, 0.05) is 64.3 Å². The molecule has 1 aromatic carbocycles. The molecule has 0 radical (unpaired) electrons. The average molecular weight is 321 g/mol. The van der Waals surface area contributed by atoms with Crippen molar-refractivity contribution in [1.82, 2.24) is 10.2 Å². The Morgan fingerprint density at radius 1 is 1.38 bits per heavy atom. The molecule has 0 saturated carbocycles. The summed E-state index contributed by atoms with van der Waals surface area (Å²) in [6, 6.07) is 5.81. The van der Waals surface area contributed by atoms with Crippen molar-refractivity contribution in [2.45, 2.75) is 6.42 Å². The van der Waals surface area contributed by atoms with E-state index in [1.54, 1.807) is 11.3 Å². The van der Waals surface area contributed by atoms with Gasteiger partial charge in [-0.3, -0.25) is 0 Å². The Morgan fingerprint density at radius 2 is 2.19 bits per heavy atom. The highest BCUT2D eigenvalue weighted by Crippen LogP contribution is 2.33. The number of piperazine rings is 1. The molecule has 0 atom stereocenters. The second kappa shape index (κ2) is 6.73. The van der Waals surface area contributed by atoms with Gasteiger partial charge in [-0.2, -0.15) is 0 Å². The third kappa shape index (κ3) is 3.37. The Kier molecular flexibility index (Phi) is 4.73. The average Bonchev–Trinajstić information content (AvgIpc) is 2.92. The van der Waals surface area contributed by atoms with Gasteiger partial charge in [0.1, 0.15) is 5.94 Å². The van der Waals surface area contributed by atoms with Crippen molar-refractivity contribution in [3.8, 4) is 0 Å². The number of carbonyl (C=O) groups excluding carboxylic acids is 1. The maximum absolute atomic E-state index is 11.4. The van der Waals surface area contributed by atoms with Crippen LogP contribution in [0, 0.1) is 0 Å². The van der Waals surface area contributed by atoms with Crippen LogP contribution in [0.4, 0.5) is 0 Å². The summed E-state index contributed by atoms with van der Waals surface area (Å²) in [5.74, 6) is 2.15. The van der Waals surface area contributed by atoms with Crippen LogP contribution in [0.3, 0.4) is 0 Å². The van der Waals surface area contributed by atoms with Crippen molar-refractivity contribution in [1.29, 1.82) is 0 Å². The lowest BCUT2D eigenvalue weighted by Gasteiger charge is -2.27. The molecule has 1 aromatic heterocycles. The number of halogens is 1. The maximum Gasteiger partial charge on any atom is 0.128 e. The number of fused-ring (bicyclic) bond motifs is 1. The van der Waals surface area contributed by atoms with Crippen LogP contribution >= 0.6 is 22.9 Å². The molecule has 110 valence electrons. The molecule has 3 rings (SSSR count). The minimum atomic E-state index is 0.730. The third-order valence-corrected chi connectivity index (χ3v) is 5.05. The summed E-state index contributed by atoms with van der Waals surface area (Å²) >= 11 is 7.64. The SMILES string of the molecule is O=C=C(CCN1CCNCC1)c1csc2cc(Cl)ccc12. The molecule has 0 spiro atoms. The molecule has 3 nitrogen and oxygen atoms in total. The third-order valence-electron chi connectivity index (χ3n) is 3.87. The molecule has 0 bridgehead atoms. The Labute approximate surface area is 133 Å². The fourth-order valence-electron chi connectivity index (χ4n) is 2.68. The van der Waals surface area contributed by atoms with Crippen LogP contribution in [0.5, 0.6) is 0 Å². The minimum absolute atomic E-state index is 0.730. The first-order valence-corrected chi connectivity index (χ1v) is 8.38. The van der Waals surface area contributed by atoms with E-state index in [0.29, 0.717) is 0 Å². The van der Waals surface area contributed by atoms with Crippen molar-refractivity contribution in [3.63, 3.8) is 0 Å². The normalized spacial score (nSPS) is 16.0. The van der Waals surface area contributed by atoms with E-state index in [0.717, 1.165) is 65.4 Å². The highest BCUT2D eigenvalue weighted by molar-refractivity contribution is 7.17. The van der Waals surface area contributed by atoms with Gasteiger partial charge in [0.15, 0.2) is 0 Å². The number of rotatable bonds is 4. The molecule has 0 amide bonds. The Balaban J connectivity index is 1.77. The van der Waals surface area contributed by atoms with E-state index in [1.807, 2.05) is 23.6 Å². The molecule has 0 unspecified atom stereocenters. The summed E-state index contributed by atoms with van der Waals surface area (Å²) in [4.78, 5) is 13.8. The summed E-state index contributed by atoms with van der Waals surface area (Å²) in [6.07, 6.45) is 0.748. The van der Waals surface area contributed by atoms with Gasteiger partial charge < -0.3 is 10.2 Å². The van der Waals surface area contributed by atoms with Crippen molar-refractivity contribution in [2.75, 3.05) is 32.7 Å². The number of hydrogen-bond donors (Lipinski definition) is 1. The van der Waals surface area contributed by atoms with E-state index in [2.05, 4.69) is 16.2 Å². The van der Waals surface area contributed by atoms with Gasteiger partial charge in [-0.1, -0.05) is 17.7 Å². The Morgan fingerprint density at radius 3 is 2.95 bits per heavy atom. The zero-order valence-electron chi connectivity index (χ0n) is 11.7. The molecular formula is C16H17ClN2OS. The van der Waals surface area contributed by atoms with E-state index < -0.39 is 0 Å². The van der Waals surface area contributed by atoms with Gasteiger partial charge in [0.05, 0.1) is 0 Å². The highest BCUT2D eigenvalue weighted by Gasteiger charge is 2.14. The zero-order chi connectivity index (χ0) is 14.7. The first-order chi connectivity index (χ1) is 10.3. The molecule has 1 saturated heterocycles. The summed E-state index contributed by atoms with van der Waals surface area (Å²) in [5.41, 5.74) is 1.78. The van der Waals surface area contributed by atoms with E-state index >= 15 is 0 Å². The number of benzene rings is 1. The molecule has 2 aromatic rings. The molecule has 5 heteroatoms. The van der Waals surface area contributed by atoms with E-state index in [1.165, 1.54) is 0 Å². The fraction of sp³-hybridized carbons (Fsp3) is 0.375. The van der Waals surface area contributed by atoms with Crippen LogP contribution in [0.15, 0.2) is 23.6 Å². The first-order valence-electron chi connectivity index (χ1n) is 7.12. The van der Waals surface area contributed by atoms with E-state index in [-0.39, 0.29) is 0 Å². The van der Waals surface area contributed by atoms with Gasteiger partial charge in [0.2, 0.25) is 0 Å². The lowest BCUT2D eigenvalue weighted by molar-refractivity contribution is 0.246. The van der Waals surface area contributed by atoms with E-state index in [9.17, 15) is 4.79 Å². The molecular weight excluding hydrogens is 304 g/mol. The second-order valence-corrected chi connectivity index (χ2v) is 6.56. The standard InChI is InChI=1S/C16H17ClN2OS/c17-13-1-2-14-15(11-21-16(14)9-13)12(10-20)3-6-19-7-4-18-5-8-19/h1-2,9,11,18H,3-8H2. The quantitative estimate of drug-likeness (QED) is 0.879. The number of nitrogens with one attached hydrogen (secondary N) is 1. The molecule has 1 aliphatic rings. The molecule has 0 aliphatic carbocycles. The predicted molar refractivity (Wildman–Crippen MR) is 89.9 cm³/mol. The lowest BCUT2D eigenvalue weighted by atomic mass is 10.0. The lowest BCUT2D eigenvalue weighted by Crippen LogP contribution is -2.43. The molecule has 21 heavy (non-hydrogen) atoms. The monoisotopic (exact) mass is 320 g/mol. The van der Waals surface area contributed by atoms with Crippen LogP contribution in [0.25, 0.3) is 15.7 Å². The second-order valence-electron chi connectivity index (χ2n) is 5.21. The van der Waals surface area contributed by atoms with Crippen molar-refractivity contribution in [2.24, 2.45) is 0 Å². The van der Waals surface area contributed by atoms with Gasteiger partial charge in [-0.25, -0.2) is 4.79 Å². The first kappa shape index (κ1) is 14.8. The molecule has 1 N–H and O–H groups in total. The maximum atomic E-state index is 11.4. The number of nitrogens with zero attached hydrogens (tertiary/aromatic N) is 1. The largest absolute Gasteiger partial charge is 0.314 e. The Bertz CT molecular complexity index is 685. The van der Waals surface area contributed by atoms with Crippen LogP contribution < -0.4 is 5.32 Å². The van der Waals surface area contributed by atoms with Crippen molar-refractivity contribution >= 4 is 44.5 Å². The zero-order valence-corrected chi connectivity index (χ0v) is 13.3. The summed E-state index contributed by atoms with van der Waals surface area (Å²) < 4.78 is 1.12. The van der Waals surface area contributed by atoms with Crippen LogP contribution in [0.1, 0.15) is 12.0 Å². The summed E-state index contributed by atoms with van der Waals surface area (Å²) in [5, 5.41) is 7.21. The van der Waals surface area contributed by atoms with Gasteiger partial charge >= 0.3 is 0 Å². The molecule has 2 heterocycles. The van der Waals surface area contributed by atoms with E-state index in [4.69, 9.17) is 11.6 Å². The molecule has 1 aliphatic heterocycles. The summed E-state index contributed by atoms with van der Waals surface area (Å²) in [6.45, 7) is 5.06. The molecule has 1 fully saturated rings. The van der Waals surface area contributed by atoms with Crippen molar-refractivity contribution in [3.05, 3.63) is 34.2 Å². The van der Waals surface area contributed by atoms with Crippen LogP contribution in [0.2, 0.25) is 5.02 Å². The van der Waals surface area contributed by atoms with Gasteiger partial charge in [-0.15, -0.1) is 11.3 Å². The van der Waals surface area contributed by atoms with Crippen LogP contribution in [-0.2, 0) is 4.79 Å². The van der Waals surface area contributed by atoms with Crippen molar-refractivity contribution < 1.29 is 4.79 Å². The summed E-state index contributed by atoms with van der Waals surface area (Å²) in [7, 11) is 0. The minimum Gasteiger partial charge on any atom is -0.314 e. The number of thiophene rings is 1. The fourth-order valence-corrected chi connectivity index (χ4v) is 3.93. The predicted octanol–water partition coefficient (Wildman–Crippen LogP) is 3.07. The Hall–Kier alpha value is -1.16.